The molecule has 0 aliphatic carbocycles. The summed E-state index contributed by atoms with van der Waals surface area (Å²) in [6.45, 7) is 0.662. The Labute approximate surface area is 109 Å². The first-order chi connectivity index (χ1) is 9.43. The number of aromatic nitrogens is 1. The number of para-hydroxylation sites is 1. The van der Waals surface area contributed by atoms with Crippen LogP contribution in [-0.4, -0.2) is 4.40 Å². The zero-order chi connectivity index (χ0) is 12.4. The fraction of sp³-hybridized carbons (Fsp3) is 0.0588. The van der Waals surface area contributed by atoms with Crippen molar-refractivity contribution in [3.63, 3.8) is 0 Å². The number of benzene rings is 2. The molecule has 0 radical (unpaired) electrons. The summed E-state index contributed by atoms with van der Waals surface area (Å²) in [7, 11) is 0. The van der Waals surface area contributed by atoms with Crippen LogP contribution in [-0.2, 0) is 6.61 Å². The van der Waals surface area contributed by atoms with Gasteiger partial charge in [0.1, 0.15) is 6.61 Å². The van der Waals surface area contributed by atoms with E-state index in [4.69, 9.17) is 4.74 Å². The predicted molar refractivity (Wildman–Crippen MR) is 76.7 cm³/mol. The van der Waals surface area contributed by atoms with Crippen LogP contribution in [0.4, 0.5) is 0 Å². The van der Waals surface area contributed by atoms with Crippen molar-refractivity contribution < 1.29 is 4.74 Å². The molecule has 90 valence electrons. The number of nitrogens with zero attached hydrogens (tertiary/aromatic N) is 1. The highest BCUT2D eigenvalue weighted by molar-refractivity contribution is 6.13. The van der Waals surface area contributed by atoms with E-state index in [1.165, 1.54) is 32.8 Å². The third-order valence-electron chi connectivity index (χ3n) is 4.06. The van der Waals surface area contributed by atoms with Crippen molar-refractivity contribution >= 4 is 27.2 Å². The van der Waals surface area contributed by atoms with Crippen molar-refractivity contribution in [3.8, 4) is 5.88 Å². The van der Waals surface area contributed by atoms with E-state index in [0.29, 0.717) is 6.61 Å². The Morgan fingerprint density at radius 2 is 1.63 bits per heavy atom. The number of hydrogen-bond donors (Lipinski definition) is 0. The number of hydrogen-bond acceptors (Lipinski definition) is 1. The molecule has 1 aliphatic heterocycles. The maximum Gasteiger partial charge on any atom is 0.198 e. The minimum absolute atomic E-state index is 0.662. The minimum Gasteiger partial charge on any atom is -0.474 e. The molecule has 0 atom stereocenters. The van der Waals surface area contributed by atoms with Crippen molar-refractivity contribution in [1.82, 2.24) is 4.40 Å². The van der Waals surface area contributed by atoms with Gasteiger partial charge in [-0.15, -0.1) is 0 Å². The van der Waals surface area contributed by atoms with Crippen LogP contribution in [0.1, 0.15) is 5.56 Å². The molecule has 0 unspecified atom stereocenters. The molecule has 0 saturated heterocycles. The summed E-state index contributed by atoms with van der Waals surface area (Å²) in [5, 5.41) is 3.91. The van der Waals surface area contributed by atoms with Gasteiger partial charge in [0.25, 0.3) is 0 Å². The van der Waals surface area contributed by atoms with Crippen LogP contribution in [0.5, 0.6) is 5.88 Å². The van der Waals surface area contributed by atoms with E-state index in [9.17, 15) is 0 Å². The molecule has 0 amide bonds. The second-order valence-electron chi connectivity index (χ2n) is 5.04. The fourth-order valence-electron chi connectivity index (χ4n) is 3.25. The molecule has 2 aromatic heterocycles. The van der Waals surface area contributed by atoms with Crippen molar-refractivity contribution in [2.75, 3.05) is 0 Å². The lowest BCUT2D eigenvalue weighted by molar-refractivity contribution is 0.286. The van der Waals surface area contributed by atoms with Crippen LogP contribution in [0.15, 0.2) is 54.6 Å². The lowest BCUT2D eigenvalue weighted by Crippen LogP contribution is -2.07. The highest BCUT2D eigenvalue weighted by Crippen LogP contribution is 2.37. The van der Waals surface area contributed by atoms with Gasteiger partial charge in [-0.25, -0.2) is 0 Å². The van der Waals surface area contributed by atoms with Gasteiger partial charge >= 0.3 is 0 Å². The SMILES string of the molecule is c1ccc2c(c1)c1cccc3c1n1c(ccc21)OC3. The number of ether oxygens (including phenoxy) is 1. The number of pyridine rings is 1. The summed E-state index contributed by atoms with van der Waals surface area (Å²) in [6.07, 6.45) is 0. The monoisotopic (exact) mass is 245 g/mol. The molecule has 0 N–H and O–H groups in total. The zero-order valence-corrected chi connectivity index (χ0v) is 10.3. The van der Waals surface area contributed by atoms with Crippen LogP contribution >= 0.6 is 0 Å². The second-order valence-corrected chi connectivity index (χ2v) is 5.04. The van der Waals surface area contributed by atoms with Gasteiger partial charge in [-0.1, -0.05) is 42.5 Å². The molecule has 0 spiro atoms. The van der Waals surface area contributed by atoms with Gasteiger partial charge in [-0.2, -0.15) is 0 Å². The third kappa shape index (κ3) is 1.03. The van der Waals surface area contributed by atoms with Gasteiger partial charge in [0, 0.05) is 22.4 Å². The van der Waals surface area contributed by atoms with Crippen LogP contribution in [0.25, 0.3) is 27.2 Å². The Morgan fingerprint density at radius 1 is 0.789 bits per heavy atom. The van der Waals surface area contributed by atoms with Crippen molar-refractivity contribution in [3.05, 3.63) is 60.2 Å². The Balaban J connectivity index is 2.27. The van der Waals surface area contributed by atoms with E-state index in [0.717, 1.165) is 5.88 Å². The van der Waals surface area contributed by atoms with Gasteiger partial charge in [0.15, 0.2) is 5.88 Å². The summed E-state index contributed by atoms with van der Waals surface area (Å²) >= 11 is 0. The Kier molecular flexibility index (Phi) is 1.54. The molecule has 5 rings (SSSR count). The first kappa shape index (κ1) is 9.45. The largest absolute Gasteiger partial charge is 0.474 e. The van der Waals surface area contributed by atoms with Crippen molar-refractivity contribution in [1.29, 1.82) is 0 Å². The maximum atomic E-state index is 5.84. The highest BCUT2D eigenvalue weighted by atomic mass is 16.5. The van der Waals surface area contributed by atoms with Gasteiger partial charge in [0.05, 0.1) is 11.0 Å². The summed E-state index contributed by atoms with van der Waals surface area (Å²) in [6, 6.07) is 19.3. The predicted octanol–water partition coefficient (Wildman–Crippen LogP) is 4.14. The molecule has 4 aromatic rings. The molecule has 2 nitrogen and oxygen atoms in total. The summed E-state index contributed by atoms with van der Waals surface area (Å²) in [5.74, 6) is 0.949. The number of fused-ring (bicyclic) bond motifs is 3. The Morgan fingerprint density at radius 3 is 2.58 bits per heavy atom. The smallest absolute Gasteiger partial charge is 0.198 e. The first-order valence-electron chi connectivity index (χ1n) is 6.50. The zero-order valence-electron chi connectivity index (χ0n) is 10.3. The Hall–Kier alpha value is -2.48. The van der Waals surface area contributed by atoms with E-state index in [1.54, 1.807) is 0 Å². The van der Waals surface area contributed by atoms with E-state index >= 15 is 0 Å². The van der Waals surface area contributed by atoms with Crippen LogP contribution in [0.3, 0.4) is 0 Å². The first-order valence-corrected chi connectivity index (χ1v) is 6.50. The van der Waals surface area contributed by atoms with Gasteiger partial charge < -0.3 is 4.74 Å². The molecule has 1 aliphatic rings. The van der Waals surface area contributed by atoms with Gasteiger partial charge in [0.2, 0.25) is 0 Å². The standard InChI is InChI=1S/C17H11NO/c1-2-6-13-12(5-1)14-7-3-4-11-10-19-16-9-8-15(13)18(16)17(11)14/h1-9H,10H2. The molecule has 19 heavy (non-hydrogen) atoms. The normalized spacial score (nSPS) is 13.5. The lowest BCUT2D eigenvalue weighted by Gasteiger charge is -2.19. The average Bonchev–Trinajstić information content (AvgIpc) is 2.91. The van der Waals surface area contributed by atoms with Crippen LogP contribution < -0.4 is 4.74 Å². The molecule has 2 aromatic carbocycles. The maximum absolute atomic E-state index is 5.84. The quantitative estimate of drug-likeness (QED) is 0.424. The molecule has 0 saturated carbocycles. The minimum atomic E-state index is 0.662. The summed E-state index contributed by atoms with van der Waals surface area (Å²) < 4.78 is 8.08. The molecular weight excluding hydrogens is 234 g/mol. The average molecular weight is 245 g/mol. The molecule has 3 heterocycles. The van der Waals surface area contributed by atoms with E-state index in [2.05, 4.69) is 59.0 Å². The molecular formula is C17H11NO. The van der Waals surface area contributed by atoms with E-state index in [-0.39, 0.29) is 0 Å². The highest BCUT2D eigenvalue weighted by Gasteiger charge is 2.18. The summed E-state index contributed by atoms with van der Waals surface area (Å²) in [4.78, 5) is 0. The second kappa shape index (κ2) is 3.09. The van der Waals surface area contributed by atoms with Crippen LogP contribution in [0, 0.1) is 0 Å². The summed E-state index contributed by atoms with van der Waals surface area (Å²) in [5.41, 5.74) is 3.78. The lowest BCUT2D eigenvalue weighted by atomic mass is 10.0. The van der Waals surface area contributed by atoms with E-state index < -0.39 is 0 Å². The van der Waals surface area contributed by atoms with E-state index in [1.807, 2.05) is 0 Å². The van der Waals surface area contributed by atoms with Crippen molar-refractivity contribution in [2.24, 2.45) is 0 Å². The topological polar surface area (TPSA) is 13.6 Å². The molecule has 2 heteroatoms. The molecule has 0 bridgehead atoms. The van der Waals surface area contributed by atoms with Gasteiger partial charge in [-0.3, -0.25) is 4.40 Å². The van der Waals surface area contributed by atoms with Crippen molar-refractivity contribution in [2.45, 2.75) is 6.61 Å². The number of rotatable bonds is 0. The van der Waals surface area contributed by atoms with Crippen LogP contribution in [0.2, 0.25) is 0 Å². The Bertz CT molecular complexity index is 965. The van der Waals surface area contributed by atoms with Gasteiger partial charge in [-0.05, 0) is 11.5 Å². The molecule has 0 fully saturated rings. The fourth-order valence-corrected chi connectivity index (χ4v) is 3.25. The third-order valence-corrected chi connectivity index (χ3v) is 4.06.